The highest BCUT2D eigenvalue weighted by molar-refractivity contribution is 7.85. The number of hydrogen-bond donors (Lipinski definition) is 2. The summed E-state index contributed by atoms with van der Waals surface area (Å²) in [7, 11) is -0.0695. The predicted molar refractivity (Wildman–Crippen MR) is 106 cm³/mol. The molecule has 8 heteroatoms. The first-order valence-corrected chi connectivity index (χ1v) is 9.92. The van der Waals surface area contributed by atoms with Gasteiger partial charge in [-0.2, -0.15) is 0 Å². The zero-order valence-corrected chi connectivity index (χ0v) is 16.5. The number of nitrogens with one attached hydrogen (secondary N) is 2. The van der Waals surface area contributed by atoms with Crippen LogP contribution in [0.15, 0.2) is 59.5 Å². The molecule has 7 nitrogen and oxygen atoms in total. The van der Waals surface area contributed by atoms with E-state index in [1.165, 1.54) is 20.1 Å². The van der Waals surface area contributed by atoms with Crippen LogP contribution in [0.4, 0.5) is 5.69 Å². The lowest BCUT2D eigenvalue weighted by Crippen LogP contribution is -2.42. The molecule has 0 aliphatic carbocycles. The second-order valence-corrected chi connectivity index (χ2v) is 7.53. The van der Waals surface area contributed by atoms with Crippen molar-refractivity contribution in [3.05, 3.63) is 60.2 Å². The molecule has 2 atom stereocenters. The minimum absolute atomic E-state index is 0.158. The number of hydrogen-bond acceptors (Lipinski definition) is 5. The number of ether oxygens (including phenoxy) is 1. The van der Waals surface area contributed by atoms with Crippen molar-refractivity contribution in [2.45, 2.75) is 24.3 Å². The van der Waals surface area contributed by atoms with Crippen molar-refractivity contribution in [1.82, 2.24) is 5.32 Å². The maximum Gasteiger partial charge on any atom is 0.328 e. The van der Waals surface area contributed by atoms with Crippen LogP contribution in [0.2, 0.25) is 0 Å². The van der Waals surface area contributed by atoms with Gasteiger partial charge in [0.05, 0.1) is 17.9 Å². The SMILES string of the molecule is COC(=O)[C@@H](CC[S@@](=O)c1ccccc1)NC(=O)c1cccc(NC(C)=O)c1. The zero-order chi connectivity index (χ0) is 20.5. The average molecular weight is 402 g/mol. The molecule has 0 aliphatic heterocycles. The number of rotatable bonds is 8. The van der Waals surface area contributed by atoms with Crippen molar-refractivity contribution < 1.29 is 23.3 Å². The first kappa shape index (κ1) is 21.3. The van der Waals surface area contributed by atoms with E-state index in [9.17, 15) is 18.6 Å². The van der Waals surface area contributed by atoms with Gasteiger partial charge >= 0.3 is 5.97 Å². The second-order valence-electron chi connectivity index (χ2n) is 5.96. The van der Waals surface area contributed by atoms with Crippen molar-refractivity contribution in [2.24, 2.45) is 0 Å². The third kappa shape index (κ3) is 6.31. The van der Waals surface area contributed by atoms with E-state index in [-0.39, 0.29) is 23.6 Å². The topological polar surface area (TPSA) is 102 Å². The Kier molecular flexibility index (Phi) is 7.88. The lowest BCUT2D eigenvalue weighted by atomic mass is 10.1. The summed E-state index contributed by atoms with van der Waals surface area (Å²) in [5.41, 5.74) is 0.754. The summed E-state index contributed by atoms with van der Waals surface area (Å²) in [6.45, 7) is 1.37. The monoisotopic (exact) mass is 402 g/mol. The Morgan fingerprint density at radius 2 is 1.79 bits per heavy atom. The normalized spacial score (nSPS) is 12.5. The number of methoxy groups -OCH3 is 1. The molecule has 0 saturated carbocycles. The minimum atomic E-state index is -1.30. The minimum Gasteiger partial charge on any atom is -0.467 e. The Bertz CT molecular complexity index is 870. The Morgan fingerprint density at radius 1 is 1.07 bits per heavy atom. The molecule has 0 unspecified atom stereocenters. The smallest absolute Gasteiger partial charge is 0.328 e. The summed E-state index contributed by atoms with van der Waals surface area (Å²) in [6.07, 6.45) is 0.158. The quantitative estimate of drug-likeness (QED) is 0.659. The van der Waals surface area contributed by atoms with Crippen LogP contribution >= 0.6 is 0 Å². The molecule has 0 heterocycles. The van der Waals surface area contributed by atoms with E-state index in [2.05, 4.69) is 10.6 Å². The Morgan fingerprint density at radius 3 is 2.43 bits per heavy atom. The molecule has 148 valence electrons. The van der Waals surface area contributed by atoms with Gasteiger partial charge in [-0.25, -0.2) is 4.79 Å². The third-order valence-electron chi connectivity index (χ3n) is 3.83. The number of carbonyl (C=O) groups is 3. The largest absolute Gasteiger partial charge is 0.467 e. The molecule has 0 aromatic heterocycles. The van der Waals surface area contributed by atoms with Gasteiger partial charge in [-0.1, -0.05) is 24.3 Å². The summed E-state index contributed by atoms with van der Waals surface area (Å²) in [6, 6.07) is 14.3. The Labute approximate surface area is 165 Å². The fourth-order valence-electron chi connectivity index (χ4n) is 2.49. The van der Waals surface area contributed by atoms with E-state index in [1.54, 1.807) is 42.5 Å². The molecule has 0 fully saturated rings. The maximum atomic E-state index is 12.5. The summed E-state index contributed by atoms with van der Waals surface area (Å²) in [5, 5.41) is 5.21. The highest BCUT2D eigenvalue weighted by Crippen LogP contribution is 2.12. The van der Waals surface area contributed by atoms with Crippen LogP contribution in [0.25, 0.3) is 0 Å². The van der Waals surface area contributed by atoms with E-state index < -0.39 is 28.7 Å². The van der Waals surface area contributed by atoms with Crippen molar-refractivity contribution in [3.63, 3.8) is 0 Å². The second kappa shape index (κ2) is 10.4. The summed E-state index contributed by atoms with van der Waals surface area (Å²) in [5.74, 6) is -1.17. The molecule has 0 saturated heterocycles. The molecule has 0 aliphatic rings. The molecule has 2 amide bonds. The standard InChI is InChI=1S/C20H22N2O5S/c1-14(23)21-16-8-6-7-15(13-16)19(24)22-18(20(25)27-2)11-12-28(26)17-9-4-3-5-10-17/h3-10,13,18H,11-12H2,1-2H3,(H,21,23)(H,22,24)/t18-,28-/m1/s1. The molecular weight excluding hydrogens is 380 g/mol. The van der Waals surface area contributed by atoms with Crippen LogP contribution in [0.5, 0.6) is 0 Å². The van der Waals surface area contributed by atoms with Gasteiger partial charge in [0.25, 0.3) is 5.91 Å². The summed E-state index contributed by atoms with van der Waals surface area (Å²) >= 11 is 0. The first-order chi connectivity index (χ1) is 13.4. The fraction of sp³-hybridized carbons (Fsp3) is 0.250. The molecule has 2 N–H and O–H groups in total. The van der Waals surface area contributed by atoms with Gasteiger partial charge in [0.15, 0.2) is 0 Å². The van der Waals surface area contributed by atoms with Crippen LogP contribution in [0.1, 0.15) is 23.7 Å². The van der Waals surface area contributed by atoms with Gasteiger partial charge in [0.1, 0.15) is 6.04 Å². The number of amides is 2. The van der Waals surface area contributed by atoms with Gasteiger partial charge in [-0.05, 0) is 36.8 Å². The maximum absolute atomic E-state index is 12.5. The molecule has 0 bridgehead atoms. The number of anilines is 1. The van der Waals surface area contributed by atoms with Gasteiger partial charge in [0.2, 0.25) is 5.91 Å². The van der Waals surface area contributed by atoms with Gasteiger partial charge in [-0.3, -0.25) is 13.8 Å². The predicted octanol–water partition coefficient (Wildman–Crippen LogP) is 2.11. The molecule has 0 radical (unpaired) electrons. The highest BCUT2D eigenvalue weighted by Gasteiger charge is 2.23. The Hall–Kier alpha value is -3.00. The van der Waals surface area contributed by atoms with Gasteiger partial charge < -0.3 is 15.4 Å². The fourth-order valence-corrected chi connectivity index (χ4v) is 3.64. The van der Waals surface area contributed by atoms with Gasteiger partial charge in [0, 0.05) is 28.8 Å². The summed E-state index contributed by atoms with van der Waals surface area (Å²) in [4.78, 5) is 36.4. The van der Waals surface area contributed by atoms with Crippen LogP contribution in [0, 0.1) is 0 Å². The number of carbonyl (C=O) groups excluding carboxylic acids is 3. The van der Waals surface area contributed by atoms with Crippen LogP contribution < -0.4 is 10.6 Å². The van der Waals surface area contributed by atoms with Crippen LogP contribution in [-0.2, 0) is 25.1 Å². The van der Waals surface area contributed by atoms with E-state index in [0.717, 1.165) is 0 Å². The lowest BCUT2D eigenvalue weighted by Gasteiger charge is -2.16. The van der Waals surface area contributed by atoms with Gasteiger partial charge in [-0.15, -0.1) is 0 Å². The molecule has 0 spiro atoms. The van der Waals surface area contributed by atoms with Crippen molar-refractivity contribution >= 4 is 34.3 Å². The molecule has 2 rings (SSSR count). The van der Waals surface area contributed by atoms with Crippen molar-refractivity contribution in [2.75, 3.05) is 18.2 Å². The van der Waals surface area contributed by atoms with E-state index in [4.69, 9.17) is 4.74 Å². The summed E-state index contributed by atoms with van der Waals surface area (Å²) < 4.78 is 17.1. The van der Waals surface area contributed by atoms with E-state index in [1.807, 2.05) is 6.07 Å². The average Bonchev–Trinajstić information content (AvgIpc) is 2.70. The number of benzene rings is 2. The number of esters is 1. The van der Waals surface area contributed by atoms with Crippen molar-refractivity contribution in [3.8, 4) is 0 Å². The molecule has 2 aromatic rings. The molecule has 2 aromatic carbocycles. The Balaban J connectivity index is 2.05. The van der Waals surface area contributed by atoms with Crippen LogP contribution in [0.3, 0.4) is 0 Å². The lowest BCUT2D eigenvalue weighted by molar-refractivity contribution is -0.142. The first-order valence-electron chi connectivity index (χ1n) is 8.60. The zero-order valence-electron chi connectivity index (χ0n) is 15.6. The molecular formula is C20H22N2O5S. The third-order valence-corrected chi connectivity index (χ3v) is 5.24. The van der Waals surface area contributed by atoms with Crippen LogP contribution in [-0.4, -0.2) is 40.9 Å². The highest BCUT2D eigenvalue weighted by atomic mass is 32.2. The van der Waals surface area contributed by atoms with E-state index >= 15 is 0 Å². The van der Waals surface area contributed by atoms with E-state index in [0.29, 0.717) is 10.6 Å². The molecule has 28 heavy (non-hydrogen) atoms. The van der Waals surface area contributed by atoms with Crippen molar-refractivity contribution in [1.29, 1.82) is 0 Å².